The lowest BCUT2D eigenvalue weighted by atomic mass is 9.80. The van der Waals surface area contributed by atoms with Gasteiger partial charge in [-0.3, -0.25) is 0 Å². The second-order valence-electron chi connectivity index (χ2n) is 5.69. The molecule has 20 heavy (non-hydrogen) atoms. The quantitative estimate of drug-likeness (QED) is 0.884. The highest BCUT2D eigenvalue weighted by Crippen LogP contribution is 2.34. The number of rotatable bonds is 5. The molecule has 1 aromatic carbocycles. The molecule has 0 radical (unpaired) electrons. The topological polar surface area (TPSA) is 29.3 Å². The van der Waals surface area contributed by atoms with Gasteiger partial charge in [0.05, 0.1) is 10.0 Å². The molecule has 2 nitrogen and oxygen atoms in total. The van der Waals surface area contributed by atoms with Crippen LogP contribution in [0.3, 0.4) is 0 Å². The van der Waals surface area contributed by atoms with Crippen molar-refractivity contribution in [3.8, 4) is 0 Å². The van der Waals surface area contributed by atoms with Crippen LogP contribution in [0.1, 0.15) is 37.7 Å². The van der Waals surface area contributed by atoms with Crippen LogP contribution in [0.4, 0.5) is 0 Å². The molecule has 4 heteroatoms. The molecule has 0 aliphatic carbocycles. The summed E-state index contributed by atoms with van der Waals surface area (Å²) in [5, 5.41) is 1.25. The third kappa shape index (κ3) is 3.88. The Morgan fingerprint density at radius 1 is 1.25 bits per heavy atom. The highest BCUT2D eigenvalue weighted by atomic mass is 35.5. The molecular weight excluding hydrogens is 291 g/mol. The van der Waals surface area contributed by atoms with E-state index >= 15 is 0 Å². The number of piperidine rings is 1. The van der Waals surface area contributed by atoms with Gasteiger partial charge in [-0.2, -0.15) is 0 Å². The van der Waals surface area contributed by atoms with Gasteiger partial charge in [0.15, 0.2) is 0 Å². The van der Waals surface area contributed by atoms with Gasteiger partial charge in [-0.05, 0) is 75.0 Å². The number of hydrogen-bond acceptors (Lipinski definition) is 2. The minimum absolute atomic E-state index is 0.397. The van der Waals surface area contributed by atoms with E-state index in [-0.39, 0.29) is 0 Å². The smallest absolute Gasteiger partial charge is 0.0595 e. The van der Waals surface area contributed by atoms with Crippen LogP contribution in [0.5, 0.6) is 0 Å². The van der Waals surface area contributed by atoms with Crippen molar-refractivity contribution >= 4 is 23.2 Å². The lowest BCUT2D eigenvalue weighted by molar-refractivity contribution is 0.169. The average molecular weight is 315 g/mol. The van der Waals surface area contributed by atoms with E-state index in [2.05, 4.69) is 17.9 Å². The molecule has 2 rings (SSSR count). The van der Waals surface area contributed by atoms with E-state index in [1.54, 1.807) is 0 Å². The second-order valence-corrected chi connectivity index (χ2v) is 6.51. The highest BCUT2D eigenvalue weighted by Gasteiger charge is 2.26. The van der Waals surface area contributed by atoms with Crippen LogP contribution < -0.4 is 5.73 Å². The molecule has 1 heterocycles. The summed E-state index contributed by atoms with van der Waals surface area (Å²) >= 11 is 12.1. The van der Waals surface area contributed by atoms with Crippen molar-refractivity contribution in [2.24, 2.45) is 11.7 Å². The summed E-state index contributed by atoms with van der Waals surface area (Å²) in [7, 11) is 0. The number of halogens is 2. The van der Waals surface area contributed by atoms with Crippen LogP contribution in [-0.4, -0.2) is 31.1 Å². The molecule has 112 valence electrons. The Balaban J connectivity index is 2.03. The molecule has 1 aromatic rings. The Hall–Kier alpha value is -0.280. The molecule has 1 fully saturated rings. The van der Waals surface area contributed by atoms with Gasteiger partial charge >= 0.3 is 0 Å². The lowest BCUT2D eigenvalue weighted by Gasteiger charge is -2.36. The van der Waals surface area contributed by atoms with Crippen LogP contribution in [0, 0.1) is 5.92 Å². The predicted octanol–water partition coefficient (Wildman–Crippen LogP) is 4.16. The molecule has 1 unspecified atom stereocenters. The van der Waals surface area contributed by atoms with Crippen molar-refractivity contribution in [3.05, 3.63) is 33.8 Å². The van der Waals surface area contributed by atoms with E-state index in [0.717, 1.165) is 0 Å². The molecule has 0 bridgehead atoms. The Bertz CT molecular complexity index is 428. The van der Waals surface area contributed by atoms with Crippen molar-refractivity contribution in [1.29, 1.82) is 0 Å². The van der Waals surface area contributed by atoms with E-state index in [1.165, 1.54) is 44.5 Å². The first-order chi connectivity index (χ1) is 9.65. The molecule has 2 N–H and O–H groups in total. The van der Waals surface area contributed by atoms with Gasteiger partial charge < -0.3 is 10.6 Å². The first kappa shape index (κ1) is 16.1. The van der Waals surface area contributed by atoms with Gasteiger partial charge in [0.1, 0.15) is 0 Å². The summed E-state index contributed by atoms with van der Waals surface area (Å²) in [6.45, 7) is 6.51. The molecule has 1 aliphatic heterocycles. The van der Waals surface area contributed by atoms with E-state index < -0.39 is 0 Å². The monoisotopic (exact) mass is 314 g/mol. The summed E-state index contributed by atoms with van der Waals surface area (Å²) in [6, 6.07) is 5.94. The van der Waals surface area contributed by atoms with Crippen molar-refractivity contribution < 1.29 is 0 Å². The van der Waals surface area contributed by atoms with E-state index in [4.69, 9.17) is 28.9 Å². The van der Waals surface area contributed by atoms with E-state index in [0.29, 0.717) is 28.4 Å². The standard InChI is InChI=1S/C16H24Cl2N2/c1-2-7-20-8-5-12(6-9-20)14(11-19)13-3-4-15(17)16(18)10-13/h3-4,10,12,14H,2,5-9,11,19H2,1H3. The first-order valence-electron chi connectivity index (χ1n) is 7.53. The second kappa shape index (κ2) is 7.65. The minimum atomic E-state index is 0.397. The molecular formula is C16H24Cl2N2. The van der Waals surface area contributed by atoms with Crippen LogP contribution in [0.25, 0.3) is 0 Å². The highest BCUT2D eigenvalue weighted by molar-refractivity contribution is 6.42. The van der Waals surface area contributed by atoms with Crippen molar-refractivity contribution in [3.63, 3.8) is 0 Å². The molecule has 0 amide bonds. The number of hydrogen-bond donors (Lipinski definition) is 1. The fourth-order valence-corrected chi connectivity index (χ4v) is 3.55. The Morgan fingerprint density at radius 2 is 1.95 bits per heavy atom. The zero-order chi connectivity index (χ0) is 14.5. The zero-order valence-corrected chi connectivity index (χ0v) is 13.6. The van der Waals surface area contributed by atoms with Gasteiger partial charge in [-0.15, -0.1) is 0 Å². The lowest BCUT2D eigenvalue weighted by Crippen LogP contribution is -2.37. The molecule has 0 aromatic heterocycles. The first-order valence-corrected chi connectivity index (χ1v) is 8.28. The summed E-state index contributed by atoms with van der Waals surface area (Å²) < 4.78 is 0. The third-order valence-corrected chi connectivity index (χ3v) is 5.11. The number of benzene rings is 1. The van der Waals surface area contributed by atoms with Gasteiger partial charge in [-0.25, -0.2) is 0 Å². The molecule has 1 aliphatic rings. The van der Waals surface area contributed by atoms with Crippen molar-refractivity contribution in [1.82, 2.24) is 4.90 Å². The van der Waals surface area contributed by atoms with Gasteiger partial charge in [0.2, 0.25) is 0 Å². The maximum atomic E-state index is 6.14. The van der Waals surface area contributed by atoms with Gasteiger partial charge in [-0.1, -0.05) is 36.2 Å². The summed E-state index contributed by atoms with van der Waals surface area (Å²) in [4.78, 5) is 2.55. The Kier molecular flexibility index (Phi) is 6.16. The fourth-order valence-electron chi connectivity index (χ4n) is 3.24. The van der Waals surface area contributed by atoms with Gasteiger partial charge in [0.25, 0.3) is 0 Å². The third-order valence-electron chi connectivity index (χ3n) is 4.37. The maximum absolute atomic E-state index is 6.14. The fraction of sp³-hybridized carbons (Fsp3) is 0.625. The summed E-state index contributed by atoms with van der Waals surface area (Å²) in [5.41, 5.74) is 7.26. The molecule has 0 spiro atoms. The van der Waals surface area contributed by atoms with Gasteiger partial charge in [0, 0.05) is 0 Å². The van der Waals surface area contributed by atoms with Crippen molar-refractivity contribution in [2.75, 3.05) is 26.2 Å². The van der Waals surface area contributed by atoms with E-state index in [9.17, 15) is 0 Å². The molecule has 1 atom stereocenters. The average Bonchev–Trinajstić information content (AvgIpc) is 2.46. The van der Waals surface area contributed by atoms with E-state index in [1.807, 2.05) is 12.1 Å². The Morgan fingerprint density at radius 3 is 2.50 bits per heavy atom. The SMILES string of the molecule is CCCN1CCC(C(CN)c2ccc(Cl)c(Cl)c2)CC1. The molecule has 0 saturated carbocycles. The number of nitrogens with two attached hydrogens (primary N) is 1. The summed E-state index contributed by atoms with van der Waals surface area (Å²) in [6.07, 6.45) is 3.68. The van der Waals surface area contributed by atoms with Crippen LogP contribution in [-0.2, 0) is 0 Å². The predicted molar refractivity (Wildman–Crippen MR) is 87.7 cm³/mol. The molecule has 1 saturated heterocycles. The number of nitrogens with zero attached hydrogens (tertiary/aromatic N) is 1. The zero-order valence-electron chi connectivity index (χ0n) is 12.1. The maximum Gasteiger partial charge on any atom is 0.0595 e. The largest absolute Gasteiger partial charge is 0.330 e. The van der Waals surface area contributed by atoms with Crippen molar-refractivity contribution in [2.45, 2.75) is 32.1 Å². The van der Waals surface area contributed by atoms with Crippen LogP contribution >= 0.6 is 23.2 Å². The minimum Gasteiger partial charge on any atom is -0.330 e. The van der Waals surface area contributed by atoms with Crippen LogP contribution in [0.2, 0.25) is 10.0 Å². The Labute approximate surface area is 132 Å². The summed E-state index contributed by atoms with van der Waals surface area (Å²) in [5.74, 6) is 1.05. The number of likely N-dealkylation sites (tertiary alicyclic amines) is 1. The van der Waals surface area contributed by atoms with Crippen LogP contribution in [0.15, 0.2) is 18.2 Å². The normalized spacial score (nSPS) is 19.2.